The maximum Gasteiger partial charge on any atom is 0.120 e. The fraction of sp³-hybridized carbons (Fsp3) is 0.438. The summed E-state index contributed by atoms with van der Waals surface area (Å²) in [6.07, 6.45) is 3.72. The van der Waals surface area contributed by atoms with Crippen LogP contribution in [0.1, 0.15) is 18.3 Å². The maximum atomic E-state index is 4.33. The molecular formula is C16H22N4. The van der Waals surface area contributed by atoms with Crippen LogP contribution in [0.2, 0.25) is 0 Å². The molecule has 0 spiro atoms. The number of aromatic amines is 1. The molecule has 3 rings (SSSR count). The van der Waals surface area contributed by atoms with Gasteiger partial charge in [0.05, 0.1) is 6.54 Å². The number of rotatable bonds is 3. The third kappa shape index (κ3) is 2.70. The molecule has 1 aromatic carbocycles. The summed E-state index contributed by atoms with van der Waals surface area (Å²) in [6, 6.07) is 9.19. The minimum atomic E-state index is 0.536. The monoisotopic (exact) mass is 270 g/mol. The van der Waals surface area contributed by atoms with E-state index in [1.807, 2.05) is 12.4 Å². The zero-order valence-corrected chi connectivity index (χ0v) is 12.2. The Bertz CT molecular complexity index is 549. The van der Waals surface area contributed by atoms with Crippen molar-refractivity contribution < 1.29 is 0 Å². The van der Waals surface area contributed by atoms with Gasteiger partial charge in [-0.3, -0.25) is 4.90 Å². The molecule has 1 unspecified atom stereocenters. The van der Waals surface area contributed by atoms with Gasteiger partial charge in [-0.2, -0.15) is 0 Å². The van der Waals surface area contributed by atoms with Crippen molar-refractivity contribution in [3.63, 3.8) is 0 Å². The first-order valence-corrected chi connectivity index (χ1v) is 7.27. The molecule has 106 valence electrons. The highest BCUT2D eigenvalue weighted by Gasteiger charge is 2.24. The van der Waals surface area contributed by atoms with E-state index in [4.69, 9.17) is 0 Å². The molecule has 1 aliphatic rings. The van der Waals surface area contributed by atoms with Gasteiger partial charge in [-0.1, -0.05) is 18.2 Å². The fourth-order valence-electron chi connectivity index (χ4n) is 2.94. The number of nitrogens with one attached hydrogen (secondary N) is 1. The van der Waals surface area contributed by atoms with Crippen LogP contribution in [0.25, 0.3) is 0 Å². The molecule has 1 atom stereocenters. The largest absolute Gasteiger partial charge is 0.368 e. The maximum absolute atomic E-state index is 4.33. The van der Waals surface area contributed by atoms with Crippen molar-refractivity contribution in [3.8, 4) is 0 Å². The second-order valence-corrected chi connectivity index (χ2v) is 5.59. The number of aromatic nitrogens is 2. The number of nitrogens with zero attached hydrogens (tertiary/aromatic N) is 3. The molecule has 0 saturated carbocycles. The molecule has 4 heteroatoms. The highest BCUT2D eigenvalue weighted by atomic mass is 15.3. The highest BCUT2D eigenvalue weighted by Crippen LogP contribution is 2.23. The Kier molecular flexibility index (Phi) is 3.74. The third-order valence-corrected chi connectivity index (χ3v) is 4.13. The summed E-state index contributed by atoms with van der Waals surface area (Å²) in [5, 5.41) is 0. The number of hydrogen-bond acceptors (Lipinski definition) is 3. The van der Waals surface area contributed by atoms with Crippen LogP contribution in [0, 0.1) is 6.92 Å². The highest BCUT2D eigenvalue weighted by molar-refractivity contribution is 5.53. The van der Waals surface area contributed by atoms with Gasteiger partial charge >= 0.3 is 0 Å². The van der Waals surface area contributed by atoms with Crippen LogP contribution in [-0.4, -0.2) is 40.5 Å². The molecule has 1 fully saturated rings. The quantitative estimate of drug-likeness (QED) is 0.930. The number of H-pyrrole nitrogens is 1. The summed E-state index contributed by atoms with van der Waals surface area (Å²) in [5.41, 5.74) is 2.73. The van der Waals surface area contributed by atoms with Gasteiger partial charge in [-0.25, -0.2) is 4.98 Å². The van der Waals surface area contributed by atoms with Crippen LogP contribution in [0.5, 0.6) is 0 Å². The van der Waals surface area contributed by atoms with Crippen LogP contribution < -0.4 is 4.90 Å². The summed E-state index contributed by atoms with van der Waals surface area (Å²) < 4.78 is 0. The van der Waals surface area contributed by atoms with Gasteiger partial charge in [-0.05, 0) is 25.5 Å². The molecule has 2 heterocycles. The van der Waals surface area contributed by atoms with Crippen molar-refractivity contribution in [2.75, 3.05) is 24.5 Å². The third-order valence-electron chi connectivity index (χ3n) is 4.13. The molecule has 1 aromatic heterocycles. The number of benzene rings is 1. The van der Waals surface area contributed by atoms with Crippen LogP contribution >= 0.6 is 0 Å². The van der Waals surface area contributed by atoms with Gasteiger partial charge in [0.15, 0.2) is 0 Å². The molecule has 2 aromatic rings. The normalized spacial score (nSPS) is 20.3. The molecular weight excluding hydrogens is 248 g/mol. The molecule has 0 amide bonds. The van der Waals surface area contributed by atoms with Crippen LogP contribution in [-0.2, 0) is 6.54 Å². The van der Waals surface area contributed by atoms with Crippen LogP contribution in [0.3, 0.4) is 0 Å². The first kappa shape index (κ1) is 13.2. The SMILES string of the molecule is Cc1ccccc1N1CCN(Cc2ncc[nH]2)C(C)C1. The summed E-state index contributed by atoms with van der Waals surface area (Å²) in [6.45, 7) is 8.63. The predicted octanol–water partition coefficient (Wildman–Crippen LogP) is 2.43. The molecule has 4 nitrogen and oxygen atoms in total. The minimum absolute atomic E-state index is 0.536. The standard InChI is InChI=1S/C16H22N4/c1-13-5-3-4-6-15(13)20-10-9-19(14(2)11-20)12-16-17-7-8-18-16/h3-8,14H,9-12H2,1-2H3,(H,17,18). The van der Waals surface area contributed by atoms with Crippen LogP contribution in [0.4, 0.5) is 5.69 Å². The van der Waals surface area contributed by atoms with E-state index in [1.54, 1.807) is 0 Å². The Balaban J connectivity index is 1.66. The summed E-state index contributed by atoms with van der Waals surface area (Å²) >= 11 is 0. The smallest absolute Gasteiger partial charge is 0.120 e. The number of imidazole rings is 1. The Morgan fingerprint density at radius 2 is 2.15 bits per heavy atom. The number of anilines is 1. The van der Waals surface area contributed by atoms with Gasteiger partial charge in [0.25, 0.3) is 0 Å². The van der Waals surface area contributed by atoms with E-state index < -0.39 is 0 Å². The summed E-state index contributed by atoms with van der Waals surface area (Å²) in [7, 11) is 0. The molecule has 20 heavy (non-hydrogen) atoms. The lowest BCUT2D eigenvalue weighted by Gasteiger charge is -2.41. The van der Waals surface area contributed by atoms with E-state index in [2.05, 4.69) is 57.9 Å². The molecule has 1 N–H and O–H groups in total. The van der Waals surface area contributed by atoms with E-state index in [-0.39, 0.29) is 0 Å². The summed E-state index contributed by atoms with van der Waals surface area (Å²) in [5.74, 6) is 1.06. The Labute approximate surface area is 120 Å². The van der Waals surface area contributed by atoms with Gasteiger partial charge in [0, 0.05) is 43.8 Å². The number of aryl methyl sites for hydroxylation is 1. The lowest BCUT2D eigenvalue weighted by atomic mass is 10.1. The number of para-hydroxylation sites is 1. The van der Waals surface area contributed by atoms with Crippen LogP contribution in [0.15, 0.2) is 36.7 Å². The van der Waals surface area contributed by atoms with Gasteiger partial charge in [0.1, 0.15) is 5.82 Å². The zero-order chi connectivity index (χ0) is 13.9. The first-order valence-electron chi connectivity index (χ1n) is 7.27. The van der Waals surface area contributed by atoms with E-state index >= 15 is 0 Å². The van der Waals surface area contributed by atoms with E-state index in [9.17, 15) is 0 Å². The minimum Gasteiger partial charge on any atom is -0.368 e. The lowest BCUT2D eigenvalue weighted by Crippen LogP contribution is -2.51. The molecule has 1 aliphatic heterocycles. The predicted molar refractivity (Wildman–Crippen MR) is 81.9 cm³/mol. The van der Waals surface area contributed by atoms with Crippen molar-refractivity contribution in [3.05, 3.63) is 48.0 Å². The van der Waals surface area contributed by atoms with Crippen molar-refractivity contribution in [2.45, 2.75) is 26.4 Å². The molecule has 0 aliphatic carbocycles. The Morgan fingerprint density at radius 1 is 1.30 bits per heavy atom. The van der Waals surface area contributed by atoms with Crippen molar-refractivity contribution in [1.29, 1.82) is 0 Å². The second-order valence-electron chi connectivity index (χ2n) is 5.59. The molecule has 0 bridgehead atoms. The van der Waals surface area contributed by atoms with E-state index in [0.29, 0.717) is 6.04 Å². The fourth-order valence-corrected chi connectivity index (χ4v) is 2.94. The average molecular weight is 270 g/mol. The summed E-state index contributed by atoms with van der Waals surface area (Å²) in [4.78, 5) is 12.5. The van der Waals surface area contributed by atoms with Gasteiger partial charge in [-0.15, -0.1) is 0 Å². The second kappa shape index (κ2) is 5.67. The number of hydrogen-bond donors (Lipinski definition) is 1. The van der Waals surface area contributed by atoms with E-state index in [0.717, 1.165) is 32.0 Å². The van der Waals surface area contributed by atoms with Gasteiger partial charge in [0.2, 0.25) is 0 Å². The molecule has 1 saturated heterocycles. The van der Waals surface area contributed by atoms with E-state index in [1.165, 1.54) is 11.3 Å². The Hall–Kier alpha value is -1.81. The van der Waals surface area contributed by atoms with Crippen molar-refractivity contribution in [2.24, 2.45) is 0 Å². The topological polar surface area (TPSA) is 35.2 Å². The van der Waals surface area contributed by atoms with Gasteiger partial charge < -0.3 is 9.88 Å². The van der Waals surface area contributed by atoms with Crippen molar-refractivity contribution >= 4 is 5.69 Å². The first-order chi connectivity index (χ1) is 9.74. The lowest BCUT2D eigenvalue weighted by molar-refractivity contribution is 0.177. The number of piperazine rings is 1. The van der Waals surface area contributed by atoms with Crippen molar-refractivity contribution in [1.82, 2.24) is 14.9 Å². The Morgan fingerprint density at radius 3 is 2.85 bits per heavy atom. The molecule has 0 radical (unpaired) electrons. The average Bonchev–Trinajstić information content (AvgIpc) is 2.95. The zero-order valence-electron chi connectivity index (χ0n) is 12.2.